The fourth-order valence-corrected chi connectivity index (χ4v) is 2.91. The highest BCUT2D eigenvalue weighted by atomic mass is 16.5. The molecule has 1 saturated heterocycles. The molecule has 28 heavy (non-hydrogen) atoms. The largest absolute Gasteiger partial charge is 0.437 e. The van der Waals surface area contributed by atoms with Crippen LogP contribution in [0.4, 0.5) is 11.5 Å². The molecular formula is C20H28N6O2. The van der Waals surface area contributed by atoms with E-state index < -0.39 is 0 Å². The number of hydrogen-bond donors (Lipinski definition) is 1. The quantitative estimate of drug-likeness (QED) is 0.777. The molecule has 0 saturated carbocycles. The van der Waals surface area contributed by atoms with Gasteiger partial charge in [0.1, 0.15) is 5.75 Å². The first-order valence-electron chi connectivity index (χ1n) is 9.51. The summed E-state index contributed by atoms with van der Waals surface area (Å²) in [7, 11) is 3.70. The average Bonchev–Trinajstić information content (AvgIpc) is 2.73. The molecule has 0 spiro atoms. The number of likely N-dealkylation sites (N-methyl/N-ethyl adjacent to an activating group) is 2. The van der Waals surface area contributed by atoms with Crippen molar-refractivity contribution in [3.63, 3.8) is 0 Å². The number of carbonyl (C=O) groups is 1. The van der Waals surface area contributed by atoms with Crippen LogP contribution < -0.4 is 19.9 Å². The molecule has 0 aliphatic carbocycles. The first-order chi connectivity index (χ1) is 13.5. The van der Waals surface area contributed by atoms with Crippen LogP contribution >= 0.6 is 0 Å². The van der Waals surface area contributed by atoms with Crippen molar-refractivity contribution in [3.8, 4) is 11.6 Å². The minimum absolute atomic E-state index is 0.0424. The molecule has 3 rings (SSSR count). The van der Waals surface area contributed by atoms with E-state index in [1.165, 1.54) is 5.69 Å². The number of aromatic nitrogens is 2. The van der Waals surface area contributed by atoms with Crippen molar-refractivity contribution in [2.24, 2.45) is 0 Å². The zero-order valence-corrected chi connectivity index (χ0v) is 16.8. The number of carbonyl (C=O) groups excluding carboxylic acids is 1. The van der Waals surface area contributed by atoms with E-state index in [4.69, 9.17) is 4.74 Å². The summed E-state index contributed by atoms with van der Waals surface area (Å²) in [5.41, 5.74) is 1.20. The van der Waals surface area contributed by atoms with Crippen LogP contribution in [0.5, 0.6) is 11.6 Å². The Balaban J connectivity index is 1.60. The predicted molar refractivity (Wildman–Crippen MR) is 110 cm³/mol. The molecule has 1 aliphatic rings. The average molecular weight is 384 g/mol. The number of amides is 1. The Kier molecular flexibility index (Phi) is 6.65. The Morgan fingerprint density at radius 3 is 2.54 bits per heavy atom. The lowest BCUT2D eigenvalue weighted by molar-refractivity contribution is -0.127. The van der Waals surface area contributed by atoms with E-state index in [9.17, 15) is 4.79 Å². The Morgan fingerprint density at radius 1 is 1.14 bits per heavy atom. The van der Waals surface area contributed by atoms with Crippen LogP contribution in [-0.2, 0) is 4.79 Å². The van der Waals surface area contributed by atoms with Crippen molar-refractivity contribution in [2.75, 3.05) is 63.2 Å². The molecule has 1 aliphatic heterocycles. The van der Waals surface area contributed by atoms with Gasteiger partial charge in [0.15, 0.2) is 5.82 Å². The summed E-state index contributed by atoms with van der Waals surface area (Å²) >= 11 is 0. The monoisotopic (exact) mass is 384 g/mol. The summed E-state index contributed by atoms with van der Waals surface area (Å²) in [6.45, 7) is 6.88. The van der Waals surface area contributed by atoms with Gasteiger partial charge in [-0.15, -0.1) is 0 Å². The standard InChI is InChI=1S/C20H28N6O2/c1-16(27)24(2)12-13-25(3)19-14-22-15-20(23-19)28-18-6-4-17(5-7-18)26-10-8-21-9-11-26/h4-7,14-15,21H,8-13H2,1-3H3. The molecule has 0 radical (unpaired) electrons. The lowest BCUT2D eigenvalue weighted by atomic mass is 10.2. The molecule has 0 bridgehead atoms. The molecule has 1 amide bonds. The van der Waals surface area contributed by atoms with Crippen molar-refractivity contribution in [1.29, 1.82) is 0 Å². The van der Waals surface area contributed by atoms with Crippen molar-refractivity contribution in [3.05, 3.63) is 36.7 Å². The van der Waals surface area contributed by atoms with Gasteiger partial charge in [-0.05, 0) is 24.3 Å². The summed E-state index contributed by atoms with van der Waals surface area (Å²) in [5.74, 6) is 1.91. The van der Waals surface area contributed by atoms with E-state index in [1.54, 1.807) is 31.3 Å². The predicted octanol–water partition coefficient (Wildman–Crippen LogP) is 1.59. The van der Waals surface area contributed by atoms with Crippen LogP contribution in [0.25, 0.3) is 0 Å². The second kappa shape index (κ2) is 9.36. The van der Waals surface area contributed by atoms with Gasteiger partial charge < -0.3 is 24.8 Å². The molecule has 1 aromatic carbocycles. The van der Waals surface area contributed by atoms with E-state index in [0.29, 0.717) is 24.8 Å². The fourth-order valence-electron chi connectivity index (χ4n) is 2.91. The highest BCUT2D eigenvalue weighted by Gasteiger charge is 2.11. The molecule has 8 heteroatoms. The van der Waals surface area contributed by atoms with Gasteiger partial charge in [0.25, 0.3) is 0 Å². The van der Waals surface area contributed by atoms with E-state index in [1.807, 2.05) is 24.1 Å². The van der Waals surface area contributed by atoms with E-state index in [-0.39, 0.29) is 5.91 Å². The number of hydrogen-bond acceptors (Lipinski definition) is 7. The highest BCUT2D eigenvalue weighted by Crippen LogP contribution is 2.24. The third kappa shape index (κ3) is 5.32. The van der Waals surface area contributed by atoms with Crippen molar-refractivity contribution < 1.29 is 9.53 Å². The van der Waals surface area contributed by atoms with Crippen molar-refractivity contribution in [1.82, 2.24) is 20.2 Å². The van der Waals surface area contributed by atoms with E-state index in [2.05, 4.69) is 32.3 Å². The van der Waals surface area contributed by atoms with Crippen LogP contribution in [0.1, 0.15) is 6.92 Å². The van der Waals surface area contributed by atoms with E-state index in [0.717, 1.165) is 31.9 Å². The number of ether oxygens (including phenoxy) is 1. The van der Waals surface area contributed by atoms with Crippen molar-refractivity contribution in [2.45, 2.75) is 6.92 Å². The normalized spacial score (nSPS) is 13.9. The fraction of sp³-hybridized carbons (Fsp3) is 0.450. The highest BCUT2D eigenvalue weighted by molar-refractivity contribution is 5.72. The third-order valence-corrected chi connectivity index (χ3v) is 4.84. The molecule has 2 heterocycles. The van der Waals surface area contributed by atoms with Gasteiger partial charge in [0.2, 0.25) is 11.8 Å². The Bertz CT molecular complexity index is 777. The van der Waals surface area contributed by atoms with Gasteiger partial charge in [0.05, 0.1) is 12.4 Å². The number of nitrogens with zero attached hydrogens (tertiary/aromatic N) is 5. The maximum Gasteiger partial charge on any atom is 0.239 e. The number of nitrogens with one attached hydrogen (secondary N) is 1. The smallest absolute Gasteiger partial charge is 0.239 e. The molecule has 0 atom stereocenters. The molecule has 1 aromatic heterocycles. The van der Waals surface area contributed by atoms with Crippen LogP contribution in [0.3, 0.4) is 0 Å². The van der Waals surface area contributed by atoms with Crippen LogP contribution in [-0.4, -0.2) is 74.1 Å². The minimum atomic E-state index is 0.0424. The molecule has 1 fully saturated rings. The molecule has 2 aromatic rings. The van der Waals surface area contributed by atoms with Gasteiger partial charge in [-0.25, -0.2) is 0 Å². The summed E-state index contributed by atoms with van der Waals surface area (Å²) in [5, 5.41) is 3.36. The number of benzene rings is 1. The zero-order valence-electron chi connectivity index (χ0n) is 16.8. The molecule has 0 unspecified atom stereocenters. The lowest BCUT2D eigenvalue weighted by Gasteiger charge is -2.29. The first kappa shape index (κ1) is 19.9. The van der Waals surface area contributed by atoms with E-state index >= 15 is 0 Å². The number of rotatable bonds is 7. The summed E-state index contributed by atoms with van der Waals surface area (Å²) in [4.78, 5) is 26.1. The van der Waals surface area contributed by atoms with Crippen molar-refractivity contribution >= 4 is 17.4 Å². The maximum atomic E-state index is 11.3. The maximum absolute atomic E-state index is 11.3. The number of piperazine rings is 1. The van der Waals surface area contributed by atoms with Gasteiger partial charge in [-0.2, -0.15) is 4.98 Å². The summed E-state index contributed by atoms with van der Waals surface area (Å²) in [6.07, 6.45) is 3.29. The van der Waals surface area contributed by atoms with Crippen LogP contribution in [0.15, 0.2) is 36.7 Å². The SMILES string of the molecule is CC(=O)N(C)CCN(C)c1cncc(Oc2ccc(N3CCNCC3)cc2)n1. The van der Waals surface area contributed by atoms with Gasteiger partial charge >= 0.3 is 0 Å². The first-order valence-corrected chi connectivity index (χ1v) is 9.51. The van der Waals surface area contributed by atoms with Gasteiger partial charge in [0, 0.05) is 66.0 Å². The second-order valence-electron chi connectivity index (χ2n) is 6.91. The summed E-state index contributed by atoms with van der Waals surface area (Å²) in [6, 6.07) is 8.05. The number of anilines is 2. The second-order valence-corrected chi connectivity index (χ2v) is 6.91. The third-order valence-electron chi connectivity index (χ3n) is 4.84. The lowest BCUT2D eigenvalue weighted by Crippen LogP contribution is -2.43. The van der Waals surface area contributed by atoms with Crippen LogP contribution in [0, 0.1) is 0 Å². The Hall–Kier alpha value is -2.87. The zero-order chi connectivity index (χ0) is 19.9. The molecule has 1 N–H and O–H groups in total. The minimum Gasteiger partial charge on any atom is -0.437 e. The van der Waals surface area contributed by atoms with Gasteiger partial charge in [-0.1, -0.05) is 0 Å². The Labute approximate surface area is 166 Å². The summed E-state index contributed by atoms with van der Waals surface area (Å²) < 4.78 is 5.88. The topological polar surface area (TPSA) is 73.8 Å². The Morgan fingerprint density at radius 2 is 1.86 bits per heavy atom. The van der Waals surface area contributed by atoms with Crippen LogP contribution in [0.2, 0.25) is 0 Å². The van der Waals surface area contributed by atoms with Gasteiger partial charge in [-0.3, -0.25) is 9.78 Å². The molecular weight excluding hydrogens is 356 g/mol. The molecule has 150 valence electrons. The molecule has 8 nitrogen and oxygen atoms in total.